The highest BCUT2D eigenvalue weighted by Crippen LogP contribution is 2.32. The summed E-state index contributed by atoms with van der Waals surface area (Å²) in [7, 11) is 0. The van der Waals surface area contributed by atoms with Gasteiger partial charge in [-0.3, -0.25) is 0 Å². The Balaban J connectivity index is 0.000000516. The van der Waals surface area contributed by atoms with Crippen LogP contribution in [0.2, 0.25) is 10.0 Å². The van der Waals surface area contributed by atoms with Gasteiger partial charge in [0.1, 0.15) is 0 Å². The number of nitrogens with two attached hydrogens (primary N) is 1. The Morgan fingerprint density at radius 1 is 0.966 bits per heavy atom. The molecule has 0 aliphatic heterocycles. The van der Waals surface area contributed by atoms with Crippen molar-refractivity contribution in [3.63, 3.8) is 0 Å². The Bertz CT molecular complexity index is 834. The first-order valence-electron chi connectivity index (χ1n) is 8.43. The van der Waals surface area contributed by atoms with Crippen LogP contribution in [-0.2, 0) is 10.2 Å². The quantitative estimate of drug-likeness (QED) is 0.562. The lowest BCUT2D eigenvalue weighted by Crippen LogP contribution is -2.21. The second kappa shape index (κ2) is 9.80. The molecule has 0 aliphatic rings. The normalized spacial score (nSPS) is 13.9. The molecule has 0 aromatic heterocycles. The number of aliphatic hydroxyl groups is 1. The van der Waals surface area contributed by atoms with Gasteiger partial charge in [0.15, 0.2) is 0 Å². The van der Waals surface area contributed by atoms with Crippen molar-refractivity contribution in [2.75, 3.05) is 0 Å². The SMILES string of the molecule is CC(C)(C)c1ccc([C@H](O)[C@H](N)c2ccc(Cl)c(Cl)c2)cc1.O=C(O)C(F)(F)F. The molecule has 0 radical (unpaired) electrons. The van der Waals surface area contributed by atoms with E-state index in [4.69, 9.17) is 38.8 Å². The van der Waals surface area contributed by atoms with Crippen molar-refractivity contribution in [2.45, 2.75) is 44.5 Å². The Kier molecular flexibility index (Phi) is 8.53. The van der Waals surface area contributed by atoms with E-state index in [0.29, 0.717) is 10.0 Å². The number of carbonyl (C=O) groups is 1. The molecular weight excluding hydrogens is 430 g/mol. The van der Waals surface area contributed by atoms with Crippen molar-refractivity contribution in [3.05, 3.63) is 69.2 Å². The molecule has 2 atom stereocenters. The van der Waals surface area contributed by atoms with E-state index >= 15 is 0 Å². The van der Waals surface area contributed by atoms with Gasteiger partial charge in [-0.15, -0.1) is 0 Å². The van der Waals surface area contributed by atoms with Crippen LogP contribution in [0.4, 0.5) is 13.2 Å². The largest absolute Gasteiger partial charge is 0.490 e. The second-order valence-electron chi connectivity index (χ2n) is 7.32. The summed E-state index contributed by atoms with van der Waals surface area (Å²) in [6, 6.07) is 12.5. The Labute approximate surface area is 177 Å². The maximum Gasteiger partial charge on any atom is 0.490 e. The first kappa shape index (κ1) is 25.2. The van der Waals surface area contributed by atoms with Crippen molar-refractivity contribution in [2.24, 2.45) is 5.73 Å². The second-order valence-corrected chi connectivity index (χ2v) is 8.13. The summed E-state index contributed by atoms with van der Waals surface area (Å²) < 4.78 is 31.7. The van der Waals surface area contributed by atoms with Gasteiger partial charge >= 0.3 is 12.1 Å². The molecule has 2 aromatic carbocycles. The van der Waals surface area contributed by atoms with Crippen LogP contribution >= 0.6 is 23.2 Å². The number of rotatable bonds is 3. The fourth-order valence-corrected chi connectivity index (χ4v) is 2.60. The number of aliphatic carboxylic acids is 1. The minimum Gasteiger partial charge on any atom is -0.475 e. The van der Waals surface area contributed by atoms with Crippen molar-refractivity contribution in [1.82, 2.24) is 0 Å². The van der Waals surface area contributed by atoms with Crippen LogP contribution in [0.1, 0.15) is 49.6 Å². The summed E-state index contributed by atoms with van der Waals surface area (Å²) in [4.78, 5) is 8.90. The Morgan fingerprint density at radius 2 is 1.41 bits per heavy atom. The average molecular weight is 452 g/mol. The van der Waals surface area contributed by atoms with Gasteiger partial charge in [-0.05, 0) is 34.2 Å². The van der Waals surface area contributed by atoms with Gasteiger partial charge in [0.2, 0.25) is 0 Å². The zero-order chi connectivity index (χ0) is 22.6. The molecule has 9 heteroatoms. The lowest BCUT2D eigenvalue weighted by molar-refractivity contribution is -0.192. The van der Waals surface area contributed by atoms with Gasteiger partial charge < -0.3 is 15.9 Å². The summed E-state index contributed by atoms with van der Waals surface area (Å²) >= 11 is 11.9. The maximum atomic E-state index is 10.6. The third kappa shape index (κ3) is 7.51. The maximum absolute atomic E-state index is 10.6. The number of hydrogen-bond acceptors (Lipinski definition) is 3. The molecule has 0 bridgehead atoms. The van der Waals surface area contributed by atoms with Crippen molar-refractivity contribution < 1.29 is 28.2 Å². The summed E-state index contributed by atoms with van der Waals surface area (Å²) in [6.07, 6.45) is -5.88. The molecule has 29 heavy (non-hydrogen) atoms. The number of halogens is 5. The van der Waals surface area contributed by atoms with Gasteiger partial charge in [-0.2, -0.15) is 13.2 Å². The predicted octanol–water partition coefficient (Wildman–Crippen LogP) is 5.66. The molecule has 0 fully saturated rings. The third-order valence-electron chi connectivity index (χ3n) is 4.03. The van der Waals surface area contributed by atoms with Crippen LogP contribution < -0.4 is 5.73 Å². The van der Waals surface area contributed by atoms with Crippen molar-refractivity contribution in [1.29, 1.82) is 0 Å². The highest BCUT2D eigenvalue weighted by atomic mass is 35.5. The fraction of sp³-hybridized carbons (Fsp3) is 0.350. The molecule has 0 heterocycles. The van der Waals surface area contributed by atoms with Crippen molar-refractivity contribution >= 4 is 29.2 Å². The lowest BCUT2D eigenvalue weighted by atomic mass is 9.86. The molecule has 4 nitrogen and oxygen atoms in total. The molecule has 2 rings (SSSR count). The average Bonchev–Trinajstić information content (AvgIpc) is 2.62. The van der Waals surface area contributed by atoms with E-state index < -0.39 is 24.3 Å². The molecule has 4 N–H and O–H groups in total. The molecule has 0 unspecified atom stereocenters. The van der Waals surface area contributed by atoms with Crippen LogP contribution in [0.5, 0.6) is 0 Å². The smallest absolute Gasteiger partial charge is 0.475 e. The zero-order valence-electron chi connectivity index (χ0n) is 16.0. The number of aliphatic hydroxyl groups excluding tert-OH is 1. The van der Waals surface area contributed by atoms with E-state index in [1.54, 1.807) is 18.2 Å². The highest BCUT2D eigenvalue weighted by molar-refractivity contribution is 6.42. The zero-order valence-corrected chi connectivity index (χ0v) is 17.5. The molecule has 0 saturated heterocycles. The molecule has 0 saturated carbocycles. The monoisotopic (exact) mass is 451 g/mol. The minimum atomic E-state index is -5.08. The molecule has 0 spiro atoms. The van der Waals surface area contributed by atoms with E-state index in [2.05, 4.69) is 20.8 Å². The number of benzene rings is 2. The van der Waals surface area contributed by atoms with E-state index in [0.717, 1.165) is 11.1 Å². The molecule has 0 aliphatic carbocycles. The molecule has 2 aromatic rings. The summed E-state index contributed by atoms with van der Waals surface area (Å²) in [5.74, 6) is -2.76. The van der Waals surface area contributed by atoms with Crippen molar-refractivity contribution in [3.8, 4) is 0 Å². The van der Waals surface area contributed by atoms with Gasteiger partial charge in [0.25, 0.3) is 0 Å². The van der Waals surface area contributed by atoms with E-state index in [1.807, 2.05) is 24.3 Å². The first-order chi connectivity index (χ1) is 13.1. The number of hydrogen-bond donors (Lipinski definition) is 3. The summed E-state index contributed by atoms with van der Waals surface area (Å²) in [5.41, 5.74) is 8.99. The summed E-state index contributed by atoms with van der Waals surface area (Å²) in [6.45, 7) is 6.46. The molecule has 0 amide bonds. The lowest BCUT2D eigenvalue weighted by Gasteiger charge is -2.22. The fourth-order valence-electron chi connectivity index (χ4n) is 2.29. The number of alkyl halides is 3. The van der Waals surface area contributed by atoms with Crippen LogP contribution in [0.15, 0.2) is 42.5 Å². The number of carboxylic acids is 1. The topological polar surface area (TPSA) is 83.5 Å². The standard InChI is InChI=1S/C18H21Cl2NO.C2HF3O2/c1-18(2,3)13-7-4-11(5-8-13)17(22)16(21)12-6-9-14(19)15(20)10-12;3-2(4,5)1(6)7/h4-10,16-17,22H,21H2,1-3H3;(H,6,7)/t16-,17+;/m1./s1. The van der Waals surface area contributed by atoms with E-state index in [-0.39, 0.29) is 5.41 Å². The summed E-state index contributed by atoms with van der Waals surface area (Å²) in [5, 5.41) is 18.5. The van der Waals surface area contributed by atoms with Crippen LogP contribution in [0, 0.1) is 0 Å². The van der Waals surface area contributed by atoms with E-state index in [1.165, 1.54) is 5.56 Å². The van der Waals surface area contributed by atoms with Gasteiger partial charge in [-0.25, -0.2) is 4.79 Å². The van der Waals surface area contributed by atoms with Crippen LogP contribution in [-0.4, -0.2) is 22.4 Å². The van der Waals surface area contributed by atoms with Crippen LogP contribution in [0.25, 0.3) is 0 Å². The Hall–Kier alpha value is -1.80. The van der Waals surface area contributed by atoms with E-state index in [9.17, 15) is 18.3 Å². The highest BCUT2D eigenvalue weighted by Gasteiger charge is 2.38. The first-order valence-corrected chi connectivity index (χ1v) is 9.19. The number of carboxylic acid groups (broad SMARTS) is 1. The van der Waals surface area contributed by atoms with Gasteiger partial charge in [-0.1, -0.05) is 74.3 Å². The van der Waals surface area contributed by atoms with Crippen LogP contribution in [0.3, 0.4) is 0 Å². The van der Waals surface area contributed by atoms with Gasteiger partial charge in [0.05, 0.1) is 22.2 Å². The minimum absolute atomic E-state index is 0.0787. The molecular formula is C20H22Cl2F3NO3. The Morgan fingerprint density at radius 3 is 1.79 bits per heavy atom. The molecule has 160 valence electrons. The van der Waals surface area contributed by atoms with Gasteiger partial charge in [0, 0.05) is 0 Å². The predicted molar refractivity (Wildman–Crippen MR) is 107 cm³/mol. The third-order valence-corrected chi connectivity index (χ3v) is 4.77.